The molecule has 1 fully saturated rings. The van der Waals surface area contributed by atoms with Crippen LogP contribution in [0.1, 0.15) is 31.4 Å². The van der Waals surface area contributed by atoms with E-state index in [1.807, 2.05) is 24.3 Å². The zero-order chi connectivity index (χ0) is 17.7. The summed E-state index contributed by atoms with van der Waals surface area (Å²) in [6.45, 7) is 2.52. The molecule has 1 saturated heterocycles. The van der Waals surface area contributed by atoms with Crippen LogP contribution in [0.25, 0.3) is 0 Å². The first-order chi connectivity index (χ1) is 11.4. The number of piperidine rings is 1. The lowest BCUT2D eigenvalue weighted by Gasteiger charge is -2.32. The van der Waals surface area contributed by atoms with Crippen molar-refractivity contribution in [3.05, 3.63) is 34.3 Å². The van der Waals surface area contributed by atoms with Gasteiger partial charge in [0.2, 0.25) is 10.0 Å². The Bertz CT molecular complexity index is 672. The number of nitrogens with one attached hydrogen (secondary N) is 1. The average Bonchev–Trinajstić information content (AvgIpc) is 2.57. The number of methoxy groups -OCH3 is 1. The molecule has 1 atom stereocenters. The quantitative estimate of drug-likeness (QED) is 0.766. The fourth-order valence-corrected chi connectivity index (χ4v) is 4.43. The minimum atomic E-state index is -3.15. The van der Waals surface area contributed by atoms with Gasteiger partial charge < -0.3 is 10.1 Å². The number of carbonyl (C=O) groups is 1. The summed E-state index contributed by atoms with van der Waals surface area (Å²) in [5, 5.41) is 2.98. The van der Waals surface area contributed by atoms with Crippen molar-refractivity contribution in [1.82, 2.24) is 9.62 Å². The van der Waals surface area contributed by atoms with Gasteiger partial charge in [0.15, 0.2) is 6.10 Å². The Morgan fingerprint density at radius 2 is 2.00 bits per heavy atom. The smallest absolute Gasteiger partial charge is 0.254 e. The van der Waals surface area contributed by atoms with Gasteiger partial charge in [-0.3, -0.25) is 4.79 Å². The van der Waals surface area contributed by atoms with Crippen molar-refractivity contribution >= 4 is 31.9 Å². The number of ether oxygens (including phenoxy) is 1. The molecule has 0 bridgehead atoms. The highest BCUT2D eigenvalue weighted by atomic mass is 79.9. The van der Waals surface area contributed by atoms with Crippen molar-refractivity contribution in [3.63, 3.8) is 0 Å². The number of amides is 1. The van der Waals surface area contributed by atoms with Gasteiger partial charge in [-0.1, -0.05) is 34.1 Å². The monoisotopic (exact) mass is 418 g/mol. The Labute approximate surface area is 151 Å². The van der Waals surface area contributed by atoms with Gasteiger partial charge in [0.1, 0.15) is 0 Å². The molecule has 0 radical (unpaired) electrons. The molecule has 24 heavy (non-hydrogen) atoms. The molecular formula is C16H23BrN2O4S. The van der Waals surface area contributed by atoms with Crippen LogP contribution in [0.4, 0.5) is 0 Å². The van der Waals surface area contributed by atoms with Gasteiger partial charge in [0.25, 0.3) is 5.91 Å². The van der Waals surface area contributed by atoms with Crippen LogP contribution >= 0.6 is 15.9 Å². The predicted octanol–water partition coefficient (Wildman–Crippen LogP) is 2.07. The van der Waals surface area contributed by atoms with E-state index in [-0.39, 0.29) is 17.7 Å². The largest absolute Gasteiger partial charge is 0.367 e. The fraction of sp³-hybridized carbons (Fsp3) is 0.562. The molecule has 1 aliphatic heterocycles. The predicted molar refractivity (Wildman–Crippen MR) is 96.1 cm³/mol. The Balaban J connectivity index is 1.97. The maximum atomic E-state index is 12.5. The minimum absolute atomic E-state index is 0.0408. The maximum absolute atomic E-state index is 12.5. The van der Waals surface area contributed by atoms with Crippen LogP contribution in [0.15, 0.2) is 28.7 Å². The van der Waals surface area contributed by atoms with Gasteiger partial charge >= 0.3 is 0 Å². The minimum Gasteiger partial charge on any atom is -0.367 e. The molecule has 0 aliphatic carbocycles. The number of nitrogens with zero attached hydrogens (tertiary/aromatic N) is 1. The van der Waals surface area contributed by atoms with E-state index in [0.29, 0.717) is 25.9 Å². The first kappa shape index (κ1) is 19.4. The lowest BCUT2D eigenvalue weighted by Crippen LogP contribution is -2.48. The molecule has 1 aromatic rings. The van der Waals surface area contributed by atoms with Gasteiger partial charge in [-0.15, -0.1) is 0 Å². The number of halogens is 1. The van der Waals surface area contributed by atoms with Gasteiger partial charge in [0.05, 0.1) is 5.75 Å². The SMILES string of the molecule is CCS(=O)(=O)N1CCC(NC(=O)C(OC)c2ccccc2Br)CC1. The van der Waals surface area contributed by atoms with E-state index in [4.69, 9.17) is 4.74 Å². The summed E-state index contributed by atoms with van der Waals surface area (Å²) < 4.78 is 31.4. The number of hydrogen-bond donors (Lipinski definition) is 1. The molecule has 1 heterocycles. The van der Waals surface area contributed by atoms with E-state index >= 15 is 0 Å². The highest BCUT2D eigenvalue weighted by Crippen LogP contribution is 2.26. The lowest BCUT2D eigenvalue weighted by molar-refractivity contribution is -0.132. The third-order valence-corrected chi connectivity index (χ3v) is 6.82. The summed E-state index contributed by atoms with van der Waals surface area (Å²) in [6.07, 6.45) is 0.521. The van der Waals surface area contributed by atoms with Crippen LogP contribution in [0.5, 0.6) is 0 Å². The van der Waals surface area contributed by atoms with Crippen molar-refractivity contribution in [1.29, 1.82) is 0 Å². The Morgan fingerprint density at radius 3 is 2.54 bits per heavy atom. The summed E-state index contributed by atoms with van der Waals surface area (Å²) in [4.78, 5) is 12.5. The van der Waals surface area contributed by atoms with Crippen LogP contribution in [-0.4, -0.2) is 50.6 Å². The van der Waals surface area contributed by atoms with Gasteiger partial charge in [-0.25, -0.2) is 12.7 Å². The van der Waals surface area contributed by atoms with Crippen LogP contribution in [0.2, 0.25) is 0 Å². The van der Waals surface area contributed by atoms with Crippen molar-refractivity contribution in [2.24, 2.45) is 0 Å². The maximum Gasteiger partial charge on any atom is 0.254 e. The second-order valence-corrected chi connectivity index (χ2v) is 8.83. The van der Waals surface area contributed by atoms with Crippen molar-refractivity contribution in [2.75, 3.05) is 26.0 Å². The van der Waals surface area contributed by atoms with Crippen molar-refractivity contribution in [2.45, 2.75) is 31.9 Å². The molecule has 1 unspecified atom stereocenters. The second kappa shape index (κ2) is 8.42. The Hall–Kier alpha value is -0.960. The molecule has 1 amide bonds. The summed E-state index contributed by atoms with van der Waals surface area (Å²) in [5.74, 6) is -0.0983. The molecule has 134 valence electrons. The lowest BCUT2D eigenvalue weighted by atomic mass is 10.0. The van der Waals surface area contributed by atoms with E-state index in [1.54, 1.807) is 6.92 Å². The highest BCUT2D eigenvalue weighted by molar-refractivity contribution is 9.10. The van der Waals surface area contributed by atoms with Crippen molar-refractivity contribution in [3.8, 4) is 0 Å². The average molecular weight is 419 g/mol. The molecule has 0 aromatic heterocycles. The first-order valence-corrected chi connectivity index (χ1v) is 10.3. The molecular weight excluding hydrogens is 396 g/mol. The molecule has 1 N–H and O–H groups in total. The molecule has 6 nitrogen and oxygen atoms in total. The second-order valence-electron chi connectivity index (χ2n) is 5.72. The highest BCUT2D eigenvalue weighted by Gasteiger charge is 2.29. The van der Waals surface area contributed by atoms with E-state index in [0.717, 1.165) is 10.0 Å². The molecule has 1 aliphatic rings. The number of rotatable bonds is 6. The van der Waals surface area contributed by atoms with E-state index < -0.39 is 16.1 Å². The number of sulfonamides is 1. The van der Waals surface area contributed by atoms with Gasteiger partial charge in [-0.2, -0.15) is 0 Å². The normalized spacial score (nSPS) is 18.3. The molecule has 0 saturated carbocycles. The van der Waals surface area contributed by atoms with E-state index in [2.05, 4.69) is 21.2 Å². The van der Waals surface area contributed by atoms with Gasteiger partial charge in [0, 0.05) is 36.3 Å². The summed E-state index contributed by atoms with van der Waals surface area (Å²) in [6, 6.07) is 7.40. The third-order valence-electron chi connectivity index (χ3n) is 4.22. The topological polar surface area (TPSA) is 75.7 Å². The molecule has 2 rings (SSSR count). The van der Waals surface area contributed by atoms with Crippen molar-refractivity contribution < 1.29 is 17.9 Å². The fourth-order valence-electron chi connectivity index (χ4n) is 2.80. The van der Waals surface area contributed by atoms with Crippen LogP contribution in [0, 0.1) is 0 Å². The number of benzene rings is 1. The van der Waals surface area contributed by atoms with Crippen LogP contribution < -0.4 is 5.32 Å². The summed E-state index contributed by atoms with van der Waals surface area (Å²) >= 11 is 3.44. The third kappa shape index (κ3) is 4.56. The van der Waals surface area contributed by atoms with E-state index in [1.165, 1.54) is 11.4 Å². The molecule has 1 aromatic carbocycles. The zero-order valence-corrected chi connectivity index (χ0v) is 16.3. The van der Waals surface area contributed by atoms with E-state index in [9.17, 15) is 13.2 Å². The standard InChI is InChI=1S/C16H23BrN2O4S/c1-3-24(21,22)19-10-8-12(9-11-19)18-16(20)15(23-2)13-6-4-5-7-14(13)17/h4-7,12,15H,3,8-11H2,1-2H3,(H,18,20). The first-order valence-electron chi connectivity index (χ1n) is 7.94. The van der Waals surface area contributed by atoms with Gasteiger partial charge in [-0.05, 0) is 25.8 Å². The summed E-state index contributed by atoms with van der Waals surface area (Å²) in [5.41, 5.74) is 0.767. The Morgan fingerprint density at radius 1 is 1.38 bits per heavy atom. The molecule has 8 heteroatoms. The van der Waals surface area contributed by atoms with Crippen LogP contribution in [-0.2, 0) is 19.6 Å². The Kier molecular flexibility index (Phi) is 6.79. The number of carbonyl (C=O) groups excluding carboxylic acids is 1. The zero-order valence-electron chi connectivity index (χ0n) is 13.9. The molecule has 0 spiro atoms. The number of hydrogen-bond acceptors (Lipinski definition) is 4. The summed E-state index contributed by atoms with van der Waals surface area (Å²) in [7, 11) is -1.65. The van der Waals surface area contributed by atoms with Crippen LogP contribution in [0.3, 0.4) is 0 Å².